The normalized spacial score (nSPS) is 21.5. The quantitative estimate of drug-likeness (QED) is 0.831. The largest absolute Gasteiger partial charge is 0.392 e. The Morgan fingerprint density at radius 2 is 1.54 bits per heavy atom. The van der Waals surface area contributed by atoms with Crippen molar-refractivity contribution in [2.75, 3.05) is 26.2 Å². The molecule has 2 aromatic rings. The van der Waals surface area contributed by atoms with Crippen LogP contribution in [0.5, 0.6) is 0 Å². The SMILES string of the molecule is O=C(c1ccc(-c2cccc(Cl)c2Cl)cc1)N1CCN(C(=O)C2CC2O)CC1. The molecule has 28 heavy (non-hydrogen) atoms. The maximum atomic E-state index is 12.8. The molecule has 2 aliphatic rings. The minimum absolute atomic E-state index is 0.00218. The van der Waals surface area contributed by atoms with E-state index >= 15 is 0 Å². The van der Waals surface area contributed by atoms with Crippen molar-refractivity contribution in [3.63, 3.8) is 0 Å². The minimum Gasteiger partial charge on any atom is -0.392 e. The molecule has 146 valence electrons. The van der Waals surface area contributed by atoms with E-state index in [0.717, 1.165) is 11.1 Å². The highest BCUT2D eigenvalue weighted by Crippen LogP contribution is 2.34. The van der Waals surface area contributed by atoms with Crippen molar-refractivity contribution in [1.29, 1.82) is 0 Å². The lowest BCUT2D eigenvalue weighted by atomic mass is 10.0. The average molecular weight is 419 g/mol. The van der Waals surface area contributed by atoms with E-state index in [1.165, 1.54) is 0 Å². The van der Waals surface area contributed by atoms with Gasteiger partial charge >= 0.3 is 0 Å². The van der Waals surface area contributed by atoms with Gasteiger partial charge in [-0.05, 0) is 30.2 Å². The fraction of sp³-hybridized carbons (Fsp3) is 0.333. The lowest BCUT2D eigenvalue weighted by Gasteiger charge is -2.35. The minimum atomic E-state index is -0.487. The number of carbonyl (C=O) groups excluding carboxylic acids is 2. The first-order valence-electron chi connectivity index (χ1n) is 9.26. The summed E-state index contributed by atoms with van der Waals surface area (Å²) < 4.78 is 0. The molecule has 4 rings (SSSR count). The third kappa shape index (κ3) is 3.75. The Morgan fingerprint density at radius 1 is 0.929 bits per heavy atom. The molecule has 0 radical (unpaired) electrons. The van der Waals surface area contributed by atoms with Crippen LogP contribution in [0.15, 0.2) is 42.5 Å². The summed E-state index contributed by atoms with van der Waals surface area (Å²) in [6.07, 6.45) is 0.0692. The van der Waals surface area contributed by atoms with Crippen molar-refractivity contribution >= 4 is 35.0 Å². The number of hydrogen-bond acceptors (Lipinski definition) is 3. The zero-order valence-corrected chi connectivity index (χ0v) is 16.7. The molecular weight excluding hydrogens is 399 g/mol. The molecule has 7 heteroatoms. The fourth-order valence-electron chi connectivity index (χ4n) is 3.51. The molecule has 0 bridgehead atoms. The molecule has 1 saturated carbocycles. The van der Waals surface area contributed by atoms with Crippen molar-refractivity contribution in [3.05, 3.63) is 58.1 Å². The van der Waals surface area contributed by atoms with Crippen molar-refractivity contribution in [3.8, 4) is 11.1 Å². The third-order valence-corrected chi connectivity index (χ3v) is 6.17. The van der Waals surface area contributed by atoms with Gasteiger partial charge in [0.25, 0.3) is 5.91 Å². The Balaban J connectivity index is 1.40. The number of aliphatic hydroxyl groups excluding tert-OH is 1. The Hall–Kier alpha value is -2.08. The first-order valence-corrected chi connectivity index (χ1v) is 10.0. The molecule has 5 nitrogen and oxygen atoms in total. The maximum absolute atomic E-state index is 12.8. The van der Waals surface area contributed by atoms with Gasteiger partial charge in [0.15, 0.2) is 0 Å². The smallest absolute Gasteiger partial charge is 0.253 e. The Bertz CT molecular complexity index is 908. The molecule has 1 aliphatic carbocycles. The van der Waals surface area contributed by atoms with Gasteiger partial charge in [-0.2, -0.15) is 0 Å². The first kappa shape index (κ1) is 19.2. The highest BCUT2D eigenvalue weighted by Gasteiger charge is 2.44. The molecule has 1 saturated heterocycles. The monoisotopic (exact) mass is 418 g/mol. The molecule has 2 unspecified atom stereocenters. The van der Waals surface area contributed by atoms with Crippen LogP contribution in [-0.4, -0.2) is 59.0 Å². The van der Waals surface area contributed by atoms with Crippen molar-refractivity contribution < 1.29 is 14.7 Å². The van der Waals surface area contributed by atoms with E-state index in [9.17, 15) is 14.7 Å². The molecule has 2 atom stereocenters. The molecule has 1 N–H and O–H groups in total. The van der Waals surface area contributed by atoms with Crippen molar-refractivity contribution in [1.82, 2.24) is 9.80 Å². The van der Waals surface area contributed by atoms with Crippen LogP contribution in [0, 0.1) is 5.92 Å². The molecule has 1 heterocycles. The van der Waals surface area contributed by atoms with Gasteiger partial charge in [0.1, 0.15) is 0 Å². The van der Waals surface area contributed by atoms with Gasteiger partial charge in [0.2, 0.25) is 5.91 Å². The van der Waals surface area contributed by atoms with E-state index in [1.54, 1.807) is 28.0 Å². The second-order valence-electron chi connectivity index (χ2n) is 7.21. The molecule has 1 aliphatic heterocycles. The topological polar surface area (TPSA) is 60.9 Å². The van der Waals surface area contributed by atoms with Crippen molar-refractivity contribution in [2.45, 2.75) is 12.5 Å². The van der Waals surface area contributed by atoms with E-state index in [2.05, 4.69) is 0 Å². The zero-order chi connectivity index (χ0) is 19.8. The van der Waals surface area contributed by atoms with Crippen LogP contribution in [0.4, 0.5) is 0 Å². The summed E-state index contributed by atoms with van der Waals surface area (Å²) in [5.41, 5.74) is 2.31. The lowest BCUT2D eigenvalue weighted by molar-refractivity contribution is -0.134. The van der Waals surface area contributed by atoms with Gasteiger partial charge in [-0.3, -0.25) is 9.59 Å². The summed E-state index contributed by atoms with van der Waals surface area (Å²) in [7, 11) is 0. The first-order chi connectivity index (χ1) is 13.5. The number of halogens is 2. The summed E-state index contributed by atoms with van der Waals surface area (Å²) in [6, 6.07) is 12.7. The van der Waals surface area contributed by atoms with Crippen LogP contribution in [0.3, 0.4) is 0 Å². The van der Waals surface area contributed by atoms with Gasteiger partial charge in [0, 0.05) is 37.3 Å². The predicted octanol–water partition coefficient (Wildman–Crippen LogP) is 3.33. The van der Waals surface area contributed by atoms with Crippen LogP contribution in [0.1, 0.15) is 16.8 Å². The van der Waals surface area contributed by atoms with E-state index in [0.29, 0.717) is 48.2 Å². The molecular formula is C21H20Cl2N2O3. The second kappa shape index (κ2) is 7.74. The predicted molar refractivity (Wildman–Crippen MR) is 108 cm³/mol. The number of benzene rings is 2. The second-order valence-corrected chi connectivity index (χ2v) is 7.99. The number of amides is 2. The van der Waals surface area contributed by atoms with Crippen LogP contribution in [0.2, 0.25) is 10.0 Å². The number of aliphatic hydroxyl groups is 1. The summed E-state index contributed by atoms with van der Waals surface area (Å²) >= 11 is 12.3. The number of hydrogen-bond donors (Lipinski definition) is 1. The highest BCUT2D eigenvalue weighted by molar-refractivity contribution is 6.43. The van der Waals surface area contributed by atoms with Crippen LogP contribution >= 0.6 is 23.2 Å². The lowest BCUT2D eigenvalue weighted by Crippen LogP contribution is -2.51. The third-order valence-electron chi connectivity index (χ3n) is 5.35. The van der Waals surface area contributed by atoms with Crippen LogP contribution in [-0.2, 0) is 4.79 Å². The summed E-state index contributed by atoms with van der Waals surface area (Å²) in [4.78, 5) is 28.5. The number of carbonyl (C=O) groups is 2. The number of nitrogens with zero attached hydrogens (tertiary/aromatic N) is 2. The Labute approximate surface area is 173 Å². The van der Waals surface area contributed by atoms with E-state index in [4.69, 9.17) is 23.2 Å². The molecule has 2 amide bonds. The van der Waals surface area contributed by atoms with Crippen LogP contribution in [0.25, 0.3) is 11.1 Å². The summed E-state index contributed by atoms with van der Waals surface area (Å²) in [5.74, 6) is -0.294. The van der Waals surface area contributed by atoms with E-state index < -0.39 is 6.10 Å². The standard InChI is InChI=1S/C21H20Cl2N2O3/c22-17-3-1-2-15(19(17)23)13-4-6-14(7-5-13)20(27)24-8-10-25(11-9-24)21(28)16-12-18(16)26/h1-7,16,18,26H,8-12H2. The van der Waals surface area contributed by atoms with Crippen molar-refractivity contribution in [2.24, 2.45) is 5.92 Å². The molecule has 0 aromatic heterocycles. The van der Waals surface area contributed by atoms with Gasteiger partial charge in [-0.25, -0.2) is 0 Å². The Morgan fingerprint density at radius 3 is 2.14 bits per heavy atom. The molecule has 0 spiro atoms. The number of piperazine rings is 1. The summed E-state index contributed by atoms with van der Waals surface area (Å²) in [6.45, 7) is 2.00. The van der Waals surface area contributed by atoms with Crippen LogP contribution < -0.4 is 0 Å². The summed E-state index contributed by atoms with van der Waals surface area (Å²) in [5, 5.41) is 10.4. The van der Waals surface area contributed by atoms with Gasteiger partial charge in [-0.1, -0.05) is 47.5 Å². The van der Waals surface area contributed by atoms with Gasteiger partial charge in [0.05, 0.1) is 22.1 Å². The van der Waals surface area contributed by atoms with E-state index in [-0.39, 0.29) is 17.7 Å². The molecule has 2 aromatic carbocycles. The number of rotatable bonds is 3. The molecule has 2 fully saturated rings. The fourth-order valence-corrected chi connectivity index (χ4v) is 3.92. The highest BCUT2D eigenvalue weighted by atomic mass is 35.5. The average Bonchev–Trinajstić information content (AvgIpc) is 3.46. The van der Waals surface area contributed by atoms with Gasteiger partial charge in [-0.15, -0.1) is 0 Å². The maximum Gasteiger partial charge on any atom is 0.253 e. The zero-order valence-electron chi connectivity index (χ0n) is 15.1. The Kier molecular flexibility index (Phi) is 5.32. The van der Waals surface area contributed by atoms with E-state index in [1.807, 2.05) is 24.3 Å². The van der Waals surface area contributed by atoms with Gasteiger partial charge < -0.3 is 14.9 Å².